The van der Waals surface area contributed by atoms with Gasteiger partial charge in [-0.3, -0.25) is 0 Å². The molecule has 0 spiro atoms. The lowest BCUT2D eigenvalue weighted by Gasteiger charge is -2.06. The van der Waals surface area contributed by atoms with Gasteiger partial charge in [-0.1, -0.05) is 12.1 Å². The van der Waals surface area contributed by atoms with Crippen LogP contribution in [0.5, 0.6) is 0 Å². The molecule has 3 N–H and O–H groups in total. The summed E-state index contributed by atoms with van der Waals surface area (Å²) < 4.78 is 13.1. The maximum absolute atomic E-state index is 13.1. The van der Waals surface area contributed by atoms with Crippen molar-refractivity contribution in [2.24, 2.45) is 0 Å². The Labute approximate surface area is 97.1 Å². The van der Waals surface area contributed by atoms with Crippen LogP contribution in [-0.2, 0) is 13.1 Å². The number of para-hydroxylation sites is 1. The van der Waals surface area contributed by atoms with Gasteiger partial charge in [0.1, 0.15) is 5.82 Å². The minimum absolute atomic E-state index is 0.216. The molecule has 1 aromatic heterocycles. The average molecular weight is 237 g/mol. The molecule has 1 heterocycles. The van der Waals surface area contributed by atoms with E-state index < -0.39 is 0 Å². The van der Waals surface area contributed by atoms with E-state index in [-0.39, 0.29) is 11.5 Å². The van der Waals surface area contributed by atoms with Crippen molar-refractivity contribution < 1.29 is 4.39 Å². The van der Waals surface area contributed by atoms with Gasteiger partial charge in [0.05, 0.1) is 16.9 Å². The van der Waals surface area contributed by atoms with Crippen molar-refractivity contribution in [3.05, 3.63) is 46.2 Å². The van der Waals surface area contributed by atoms with Gasteiger partial charge < -0.3 is 11.1 Å². The van der Waals surface area contributed by atoms with Gasteiger partial charge in [0.2, 0.25) is 0 Å². The molecule has 16 heavy (non-hydrogen) atoms. The molecule has 0 aliphatic heterocycles. The third-order valence-electron chi connectivity index (χ3n) is 2.25. The SMILES string of the molecule is Nc1c(F)cccc1CNCc1cscn1. The van der Waals surface area contributed by atoms with E-state index in [0.29, 0.717) is 13.1 Å². The first-order valence-corrected chi connectivity index (χ1v) is 5.82. The van der Waals surface area contributed by atoms with Crippen molar-refractivity contribution in [2.45, 2.75) is 13.1 Å². The van der Waals surface area contributed by atoms with Gasteiger partial charge in [-0.05, 0) is 11.6 Å². The first-order valence-electron chi connectivity index (χ1n) is 4.88. The van der Waals surface area contributed by atoms with Gasteiger partial charge >= 0.3 is 0 Å². The number of aromatic nitrogens is 1. The molecule has 3 nitrogen and oxygen atoms in total. The molecule has 2 rings (SSSR count). The molecule has 0 unspecified atom stereocenters. The lowest BCUT2D eigenvalue weighted by atomic mass is 10.1. The average Bonchev–Trinajstić information content (AvgIpc) is 2.77. The predicted molar refractivity (Wildman–Crippen MR) is 63.5 cm³/mol. The van der Waals surface area contributed by atoms with Gasteiger partial charge in [0.25, 0.3) is 0 Å². The summed E-state index contributed by atoms with van der Waals surface area (Å²) in [5.74, 6) is -0.368. The molecule has 0 bridgehead atoms. The highest BCUT2D eigenvalue weighted by molar-refractivity contribution is 7.07. The zero-order valence-electron chi connectivity index (χ0n) is 8.61. The third-order valence-corrected chi connectivity index (χ3v) is 2.88. The van der Waals surface area contributed by atoms with Crippen LogP contribution < -0.4 is 11.1 Å². The molecule has 5 heteroatoms. The zero-order valence-corrected chi connectivity index (χ0v) is 9.43. The standard InChI is InChI=1S/C11H12FN3S/c12-10-3-1-2-8(11(10)13)4-14-5-9-6-16-7-15-9/h1-3,6-7,14H,4-5,13H2. The van der Waals surface area contributed by atoms with E-state index >= 15 is 0 Å². The second-order valence-electron chi connectivity index (χ2n) is 3.40. The van der Waals surface area contributed by atoms with Gasteiger partial charge in [0, 0.05) is 18.5 Å². The van der Waals surface area contributed by atoms with Crippen molar-refractivity contribution in [3.8, 4) is 0 Å². The second-order valence-corrected chi connectivity index (χ2v) is 4.11. The lowest BCUT2D eigenvalue weighted by molar-refractivity contribution is 0.625. The molecule has 0 saturated heterocycles. The number of nitrogens with zero attached hydrogens (tertiary/aromatic N) is 1. The fraction of sp³-hybridized carbons (Fsp3) is 0.182. The van der Waals surface area contributed by atoms with Crippen molar-refractivity contribution >= 4 is 17.0 Å². The molecule has 0 fully saturated rings. The molecular weight excluding hydrogens is 225 g/mol. The largest absolute Gasteiger partial charge is 0.396 e. The van der Waals surface area contributed by atoms with E-state index in [1.807, 2.05) is 11.4 Å². The van der Waals surface area contributed by atoms with Gasteiger partial charge in [-0.25, -0.2) is 9.37 Å². The van der Waals surface area contributed by atoms with Crippen LogP contribution in [0.4, 0.5) is 10.1 Å². The first kappa shape index (κ1) is 11.0. The molecule has 0 saturated carbocycles. The number of thiazole rings is 1. The topological polar surface area (TPSA) is 50.9 Å². The fourth-order valence-corrected chi connectivity index (χ4v) is 1.94. The summed E-state index contributed by atoms with van der Waals surface area (Å²) in [5.41, 5.74) is 9.37. The summed E-state index contributed by atoms with van der Waals surface area (Å²) in [6.07, 6.45) is 0. The van der Waals surface area contributed by atoms with Crippen molar-refractivity contribution in [1.82, 2.24) is 10.3 Å². The highest BCUT2D eigenvalue weighted by atomic mass is 32.1. The number of nitrogens with one attached hydrogen (secondary N) is 1. The zero-order chi connectivity index (χ0) is 11.4. The number of hydrogen-bond donors (Lipinski definition) is 2. The van der Waals surface area contributed by atoms with Gasteiger partial charge in [-0.15, -0.1) is 11.3 Å². The molecule has 2 aromatic rings. The Hall–Kier alpha value is -1.46. The lowest BCUT2D eigenvalue weighted by Crippen LogP contribution is -2.14. The Morgan fingerprint density at radius 2 is 2.25 bits per heavy atom. The fourth-order valence-electron chi connectivity index (χ4n) is 1.39. The molecule has 1 aromatic carbocycles. The summed E-state index contributed by atoms with van der Waals surface area (Å²) in [6.45, 7) is 1.21. The highest BCUT2D eigenvalue weighted by Gasteiger charge is 2.03. The molecule has 0 radical (unpaired) electrons. The minimum Gasteiger partial charge on any atom is -0.396 e. The van der Waals surface area contributed by atoms with E-state index in [1.54, 1.807) is 22.9 Å². The monoisotopic (exact) mass is 237 g/mol. The summed E-state index contributed by atoms with van der Waals surface area (Å²) >= 11 is 1.56. The van der Waals surface area contributed by atoms with Crippen molar-refractivity contribution in [3.63, 3.8) is 0 Å². The highest BCUT2D eigenvalue weighted by Crippen LogP contribution is 2.15. The summed E-state index contributed by atoms with van der Waals surface area (Å²) in [5, 5.41) is 5.14. The molecule has 84 valence electrons. The number of benzene rings is 1. The van der Waals surface area contributed by atoms with E-state index in [0.717, 1.165) is 11.3 Å². The first-order chi connectivity index (χ1) is 7.77. The van der Waals surface area contributed by atoms with Crippen molar-refractivity contribution in [2.75, 3.05) is 5.73 Å². The number of nitrogens with two attached hydrogens (primary N) is 1. The summed E-state index contributed by atoms with van der Waals surface area (Å²) in [4.78, 5) is 4.14. The Kier molecular flexibility index (Phi) is 3.48. The maximum atomic E-state index is 13.1. The molecular formula is C11H12FN3S. The Balaban J connectivity index is 1.92. The molecule has 0 amide bonds. The van der Waals surface area contributed by atoms with E-state index in [4.69, 9.17) is 5.73 Å². The van der Waals surface area contributed by atoms with Crippen LogP contribution in [0.1, 0.15) is 11.3 Å². The number of hydrogen-bond acceptors (Lipinski definition) is 4. The maximum Gasteiger partial charge on any atom is 0.146 e. The summed E-state index contributed by atoms with van der Waals surface area (Å²) in [6, 6.07) is 4.83. The number of nitrogen functional groups attached to an aromatic ring is 1. The van der Waals surface area contributed by atoms with Crippen LogP contribution in [0, 0.1) is 5.82 Å². The van der Waals surface area contributed by atoms with Crippen LogP contribution in [0.3, 0.4) is 0 Å². The Morgan fingerprint density at radius 3 is 3.00 bits per heavy atom. The van der Waals surface area contributed by atoms with Gasteiger partial charge in [-0.2, -0.15) is 0 Å². The smallest absolute Gasteiger partial charge is 0.146 e. The number of rotatable bonds is 4. The summed E-state index contributed by atoms with van der Waals surface area (Å²) in [7, 11) is 0. The third kappa shape index (κ3) is 2.56. The van der Waals surface area contributed by atoms with E-state index in [9.17, 15) is 4.39 Å². The minimum atomic E-state index is -0.368. The molecule has 0 aliphatic carbocycles. The van der Waals surface area contributed by atoms with E-state index in [1.165, 1.54) is 6.07 Å². The number of halogens is 1. The Morgan fingerprint density at radius 1 is 1.38 bits per heavy atom. The van der Waals surface area contributed by atoms with Crippen LogP contribution in [0.2, 0.25) is 0 Å². The molecule has 0 aliphatic rings. The normalized spacial score (nSPS) is 10.6. The second kappa shape index (κ2) is 5.05. The Bertz CT molecular complexity index is 456. The molecule has 0 atom stereocenters. The van der Waals surface area contributed by atoms with Crippen LogP contribution in [-0.4, -0.2) is 4.98 Å². The van der Waals surface area contributed by atoms with Crippen LogP contribution in [0.25, 0.3) is 0 Å². The number of anilines is 1. The van der Waals surface area contributed by atoms with Crippen LogP contribution >= 0.6 is 11.3 Å². The predicted octanol–water partition coefficient (Wildman–Crippen LogP) is 2.15. The van der Waals surface area contributed by atoms with Crippen LogP contribution in [0.15, 0.2) is 29.1 Å². The quantitative estimate of drug-likeness (QED) is 0.801. The van der Waals surface area contributed by atoms with E-state index in [2.05, 4.69) is 10.3 Å². The van der Waals surface area contributed by atoms with Gasteiger partial charge in [0.15, 0.2) is 0 Å². The van der Waals surface area contributed by atoms with Crippen molar-refractivity contribution in [1.29, 1.82) is 0 Å².